The van der Waals surface area contributed by atoms with Crippen LogP contribution in [0.1, 0.15) is 19.8 Å². The van der Waals surface area contributed by atoms with Crippen LogP contribution in [-0.2, 0) is 0 Å². The molecular weight excluding hydrogens is 254 g/mol. The van der Waals surface area contributed by atoms with Crippen LogP contribution in [0.5, 0.6) is 0 Å². The molecule has 0 aromatic rings. The predicted octanol–water partition coefficient (Wildman–Crippen LogP) is -0.311. The van der Waals surface area contributed by atoms with Crippen LogP contribution in [0, 0.1) is 5.92 Å². The Hall–Kier alpha value is -0.200. The number of hydrogen-bond acceptors (Lipinski definition) is 5. The Morgan fingerprint density at radius 2 is 1.40 bits per heavy atom. The van der Waals surface area contributed by atoms with Gasteiger partial charge < -0.3 is 15.1 Å². The van der Waals surface area contributed by atoms with Crippen molar-refractivity contribution in [2.75, 3.05) is 65.5 Å². The third-order valence-electron chi connectivity index (χ3n) is 4.70. The molecule has 2 saturated heterocycles. The van der Waals surface area contributed by atoms with Gasteiger partial charge in [-0.3, -0.25) is 9.80 Å². The quantitative estimate of drug-likeness (QED) is 0.701. The first kappa shape index (κ1) is 16.2. The standard InChI is InChI=1S/C15H31N3O2/c1-14-2-4-17(5-3-14)12-15(20)13-18-8-6-16(7-9-18)10-11-19/h14-15,19-20H,2-13H2,1H3/t15-/m0/s1. The number of piperazine rings is 1. The molecule has 2 heterocycles. The molecule has 0 aliphatic carbocycles. The summed E-state index contributed by atoms with van der Waals surface area (Å²) in [5, 5.41) is 19.2. The molecule has 0 amide bonds. The van der Waals surface area contributed by atoms with E-state index in [1.54, 1.807) is 0 Å². The molecule has 0 radical (unpaired) electrons. The molecule has 2 aliphatic rings. The topological polar surface area (TPSA) is 50.2 Å². The number of aliphatic hydroxyl groups excluding tert-OH is 2. The zero-order valence-corrected chi connectivity index (χ0v) is 12.9. The van der Waals surface area contributed by atoms with E-state index >= 15 is 0 Å². The highest BCUT2D eigenvalue weighted by Crippen LogP contribution is 2.16. The Morgan fingerprint density at radius 3 is 1.95 bits per heavy atom. The molecule has 2 rings (SSSR count). The number of rotatable bonds is 6. The fraction of sp³-hybridized carbons (Fsp3) is 1.00. The van der Waals surface area contributed by atoms with Gasteiger partial charge in [-0.2, -0.15) is 0 Å². The summed E-state index contributed by atoms with van der Waals surface area (Å²) >= 11 is 0. The number of β-amino-alcohol motifs (C(OH)–C–C–N with tert-alkyl or cyclic N) is 2. The molecule has 5 heteroatoms. The first-order valence-electron chi connectivity index (χ1n) is 8.13. The molecule has 2 N–H and O–H groups in total. The molecule has 0 aromatic heterocycles. The van der Waals surface area contributed by atoms with E-state index in [1.165, 1.54) is 12.8 Å². The Bertz CT molecular complexity index is 262. The molecule has 0 aromatic carbocycles. The van der Waals surface area contributed by atoms with Gasteiger partial charge in [0, 0.05) is 45.8 Å². The minimum Gasteiger partial charge on any atom is -0.395 e. The summed E-state index contributed by atoms with van der Waals surface area (Å²) in [4.78, 5) is 7.05. The highest BCUT2D eigenvalue weighted by Gasteiger charge is 2.22. The van der Waals surface area contributed by atoms with Crippen molar-refractivity contribution in [3.8, 4) is 0 Å². The van der Waals surface area contributed by atoms with Gasteiger partial charge in [0.1, 0.15) is 0 Å². The number of hydrogen-bond donors (Lipinski definition) is 2. The third kappa shape index (κ3) is 5.30. The van der Waals surface area contributed by atoms with E-state index in [2.05, 4.69) is 21.6 Å². The second-order valence-corrected chi connectivity index (χ2v) is 6.50. The summed E-state index contributed by atoms with van der Waals surface area (Å²) < 4.78 is 0. The van der Waals surface area contributed by atoms with Gasteiger partial charge in [-0.05, 0) is 31.8 Å². The second-order valence-electron chi connectivity index (χ2n) is 6.50. The summed E-state index contributed by atoms with van der Waals surface area (Å²) in [6.45, 7) is 11.3. The van der Waals surface area contributed by atoms with Crippen LogP contribution in [0.4, 0.5) is 0 Å². The normalized spacial score (nSPS) is 25.9. The summed E-state index contributed by atoms with van der Waals surface area (Å²) in [5.41, 5.74) is 0. The van der Waals surface area contributed by atoms with E-state index in [1.807, 2.05) is 0 Å². The third-order valence-corrected chi connectivity index (χ3v) is 4.70. The zero-order valence-electron chi connectivity index (χ0n) is 12.9. The minimum atomic E-state index is -0.229. The van der Waals surface area contributed by atoms with Crippen LogP contribution in [-0.4, -0.2) is 96.5 Å². The summed E-state index contributed by atoms with van der Waals surface area (Å²) in [6.07, 6.45) is 2.31. The fourth-order valence-electron chi connectivity index (χ4n) is 3.24. The monoisotopic (exact) mass is 285 g/mol. The fourth-order valence-corrected chi connectivity index (χ4v) is 3.24. The lowest BCUT2D eigenvalue weighted by atomic mass is 9.99. The van der Waals surface area contributed by atoms with Crippen LogP contribution in [0.25, 0.3) is 0 Å². The van der Waals surface area contributed by atoms with Gasteiger partial charge in [-0.25, -0.2) is 0 Å². The van der Waals surface area contributed by atoms with E-state index in [4.69, 9.17) is 5.11 Å². The van der Waals surface area contributed by atoms with Gasteiger partial charge in [0.2, 0.25) is 0 Å². The summed E-state index contributed by atoms with van der Waals surface area (Å²) in [7, 11) is 0. The van der Waals surface area contributed by atoms with Gasteiger partial charge >= 0.3 is 0 Å². The van der Waals surface area contributed by atoms with E-state index < -0.39 is 0 Å². The van der Waals surface area contributed by atoms with E-state index in [9.17, 15) is 5.11 Å². The van der Waals surface area contributed by atoms with Crippen LogP contribution in [0.3, 0.4) is 0 Å². The lowest BCUT2D eigenvalue weighted by molar-refractivity contribution is 0.0400. The molecule has 5 nitrogen and oxygen atoms in total. The molecule has 0 spiro atoms. The van der Waals surface area contributed by atoms with Crippen molar-refractivity contribution in [1.29, 1.82) is 0 Å². The van der Waals surface area contributed by atoms with Crippen LogP contribution in [0.15, 0.2) is 0 Å². The Labute approximate surface area is 123 Å². The van der Waals surface area contributed by atoms with E-state index in [0.717, 1.165) is 64.8 Å². The Morgan fingerprint density at radius 1 is 0.900 bits per heavy atom. The number of nitrogens with zero attached hydrogens (tertiary/aromatic N) is 3. The van der Waals surface area contributed by atoms with Crippen LogP contribution < -0.4 is 0 Å². The lowest BCUT2D eigenvalue weighted by Gasteiger charge is -2.37. The molecule has 0 unspecified atom stereocenters. The average Bonchev–Trinajstić information content (AvgIpc) is 2.44. The van der Waals surface area contributed by atoms with Crippen LogP contribution >= 0.6 is 0 Å². The van der Waals surface area contributed by atoms with Crippen molar-refractivity contribution in [3.63, 3.8) is 0 Å². The van der Waals surface area contributed by atoms with Crippen molar-refractivity contribution in [2.24, 2.45) is 5.92 Å². The summed E-state index contributed by atoms with van der Waals surface area (Å²) in [6, 6.07) is 0. The molecule has 0 saturated carbocycles. The maximum absolute atomic E-state index is 10.3. The molecule has 2 fully saturated rings. The number of likely N-dealkylation sites (tertiary alicyclic amines) is 1. The maximum Gasteiger partial charge on any atom is 0.0793 e. The molecule has 118 valence electrons. The molecular formula is C15H31N3O2. The van der Waals surface area contributed by atoms with Crippen molar-refractivity contribution in [3.05, 3.63) is 0 Å². The molecule has 0 bridgehead atoms. The van der Waals surface area contributed by atoms with Gasteiger partial charge in [0.25, 0.3) is 0 Å². The smallest absolute Gasteiger partial charge is 0.0793 e. The molecule has 2 aliphatic heterocycles. The first-order chi connectivity index (χ1) is 9.67. The van der Waals surface area contributed by atoms with Crippen molar-refractivity contribution in [1.82, 2.24) is 14.7 Å². The highest BCUT2D eigenvalue weighted by atomic mass is 16.3. The predicted molar refractivity (Wildman–Crippen MR) is 80.8 cm³/mol. The van der Waals surface area contributed by atoms with Gasteiger partial charge in [-0.1, -0.05) is 6.92 Å². The van der Waals surface area contributed by atoms with E-state index in [0.29, 0.717) is 0 Å². The second kappa shape index (κ2) is 8.29. The van der Waals surface area contributed by atoms with Gasteiger partial charge in [-0.15, -0.1) is 0 Å². The maximum atomic E-state index is 10.3. The Balaban J connectivity index is 1.61. The number of piperidine rings is 1. The highest BCUT2D eigenvalue weighted by molar-refractivity contribution is 4.77. The first-order valence-corrected chi connectivity index (χ1v) is 8.13. The largest absolute Gasteiger partial charge is 0.395 e. The minimum absolute atomic E-state index is 0.229. The van der Waals surface area contributed by atoms with E-state index in [-0.39, 0.29) is 12.7 Å². The average molecular weight is 285 g/mol. The summed E-state index contributed by atoms with van der Waals surface area (Å²) in [5.74, 6) is 0.850. The Kier molecular flexibility index (Phi) is 6.71. The zero-order chi connectivity index (χ0) is 14.4. The lowest BCUT2D eigenvalue weighted by Crippen LogP contribution is -2.50. The SMILES string of the molecule is CC1CCN(C[C@H](O)CN2CCN(CCO)CC2)CC1. The number of aliphatic hydroxyl groups is 2. The van der Waals surface area contributed by atoms with Gasteiger partial charge in [0.05, 0.1) is 12.7 Å². The molecule has 20 heavy (non-hydrogen) atoms. The van der Waals surface area contributed by atoms with Crippen LogP contribution in [0.2, 0.25) is 0 Å². The van der Waals surface area contributed by atoms with Crippen molar-refractivity contribution in [2.45, 2.75) is 25.9 Å². The van der Waals surface area contributed by atoms with Crippen molar-refractivity contribution < 1.29 is 10.2 Å². The molecule has 1 atom stereocenters. The van der Waals surface area contributed by atoms with Crippen molar-refractivity contribution >= 4 is 0 Å². The van der Waals surface area contributed by atoms with Gasteiger partial charge in [0.15, 0.2) is 0 Å².